The van der Waals surface area contributed by atoms with Crippen LogP contribution in [-0.4, -0.2) is 31.0 Å². The number of esters is 1. The van der Waals surface area contributed by atoms with Crippen molar-refractivity contribution < 1.29 is 27.4 Å². The van der Waals surface area contributed by atoms with Crippen LogP contribution in [0.3, 0.4) is 0 Å². The number of benzene rings is 3. The van der Waals surface area contributed by atoms with Gasteiger partial charge in [0.25, 0.3) is 0 Å². The molecule has 1 heterocycles. The summed E-state index contributed by atoms with van der Waals surface area (Å²) in [5.74, 6) is 0.610. The molecule has 1 atom stereocenters. The van der Waals surface area contributed by atoms with Crippen molar-refractivity contribution in [3.63, 3.8) is 0 Å². The van der Waals surface area contributed by atoms with Gasteiger partial charge in [0, 0.05) is 5.70 Å². The van der Waals surface area contributed by atoms with Crippen molar-refractivity contribution in [3.05, 3.63) is 112 Å². The number of hydrogen-bond donors (Lipinski definition) is 1. The molecule has 1 unspecified atom stereocenters. The Bertz CT molecular complexity index is 1340. The van der Waals surface area contributed by atoms with E-state index in [1.165, 1.54) is 13.2 Å². The van der Waals surface area contributed by atoms with E-state index in [1.54, 1.807) is 25.0 Å². The second kappa shape index (κ2) is 11.4. The fourth-order valence-electron chi connectivity index (χ4n) is 4.31. The Kier molecular flexibility index (Phi) is 8.05. The summed E-state index contributed by atoms with van der Waals surface area (Å²) in [5, 5.41) is 3.34. The number of hydrogen-bond acceptors (Lipinski definition) is 4. The Hall–Kier alpha value is -4.27. The molecule has 1 aliphatic heterocycles. The van der Waals surface area contributed by atoms with E-state index in [9.17, 15) is 18.0 Å². The smallest absolute Gasteiger partial charge is 0.416 e. The predicted octanol–water partition coefficient (Wildman–Crippen LogP) is 5.86. The molecule has 6 nitrogen and oxygen atoms in total. The van der Waals surface area contributed by atoms with Gasteiger partial charge in [-0.2, -0.15) is 13.2 Å². The number of halogens is 3. The molecule has 3 aromatic carbocycles. The third kappa shape index (κ3) is 5.99. The van der Waals surface area contributed by atoms with Crippen molar-refractivity contribution >= 4 is 11.9 Å². The number of guanidine groups is 1. The lowest BCUT2D eigenvalue weighted by Gasteiger charge is -2.38. The van der Waals surface area contributed by atoms with E-state index >= 15 is 0 Å². The van der Waals surface area contributed by atoms with Gasteiger partial charge in [0.15, 0.2) is 5.96 Å². The van der Waals surface area contributed by atoms with Crippen LogP contribution in [0.25, 0.3) is 0 Å². The van der Waals surface area contributed by atoms with E-state index in [0.29, 0.717) is 35.1 Å². The Morgan fingerprint density at radius 3 is 2.32 bits per heavy atom. The van der Waals surface area contributed by atoms with Crippen LogP contribution in [0.1, 0.15) is 35.2 Å². The molecule has 0 saturated carbocycles. The number of carbonyl (C=O) groups excluding carboxylic acids is 1. The zero-order chi connectivity index (χ0) is 27.3. The molecular weight excluding hydrogens is 495 g/mol. The molecule has 0 fully saturated rings. The molecule has 3 aromatic rings. The first-order valence-electron chi connectivity index (χ1n) is 11.9. The number of carbonyl (C=O) groups is 1. The standard InChI is InChI=1S/C29H28F3N3O3/c1-19-25(27(36)38-3)26(22-9-5-4-6-10-22)34-28(33-17-20-12-14-24(37-2)15-13-20)35(19)18-21-8-7-11-23(16-21)29(30,31)32/h4-16,26H,17-18H2,1-3H3,(H,33,34). The Labute approximate surface area is 219 Å². The highest BCUT2D eigenvalue weighted by atomic mass is 19.4. The highest BCUT2D eigenvalue weighted by Gasteiger charge is 2.36. The summed E-state index contributed by atoms with van der Waals surface area (Å²) < 4.78 is 50.5. The molecule has 4 rings (SSSR count). The maximum atomic E-state index is 13.4. The third-order valence-corrected chi connectivity index (χ3v) is 6.32. The van der Waals surface area contributed by atoms with E-state index in [1.807, 2.05) is 54.6 Å². The number of ether oxygens (including phenoxy) is 2. The topological polar surface area (TPSA) is 63.2 Å². The zero-order valence-corrected chi connectivity index (χ0v) is 21.3. The highest BCUT2D eigenvalue weighted by molar-refractivity contribution is 5.96. The molecule has 0 aliphatic carbocycles. The van der Waals surface area contributed by atoms with Gasteiger partial charge in [-0.15, -0.1) is 0 Å². The van der Waals surface area contributed by atoms with Gasteiger partial charge in [-0.3, -0.25) is 0 Å². The van der Waals surface area contributed by atoms with Gasteiger partial charge in [-0.25, -0.2) is 9.79 Å². The SMILES string of the molecule is COC(=O)C1=C(C)N(Cc2cccc(C(F)(F)F)c2)C(=NCc2ccc(OC)cc2)NC1c1ccccc1. The van der Waals surface area contributed by atoms with E-state index in [2.05, 4.69) is 5.32 Å². The van der Waals surface area contributed by atoms with Crippen LogP contribution in [0, 0.1) is 0 Å². The number of alkyl halides is 3. The number of rotatable bonds is 7. The number of nitrogens with one attached hydrogen (secondary N) is 1. The fraction of sp³-hybridized carbons (Fsp3) is 0.241. The molecule has 1 N–H and O–H groups in total. The Balaban J connectivity index is 1.78. The van der Waals surface area contributed by atoms with E-state index in [4.69, 9.17) is 14.5 Å². The molecule has 0 bridgehead atoms. The maximum absolute atomic E-state index is 13.4. The fourth-order valence-corrected chi connectivity index (χ4v) is 4.31. The monoisotopic (exact) mass is 523 g/mol. The minimum absolute atomic E-state index is 0.0617. The molecule has 9 heteroatoms. The first kappa shape index (κ1) is 26.8. The third-order valence-electron chi connectivity index (χ3n) is 6.32. The molecule has 0 spiro atoms. The largest absolute Gasteiger partial charge is 0.497 e. The predicted molar refractivity (Wildman–Crippen MR) is 138 cm³/mol. The average molecular weight is 524 g/mol. The van der Waals surface area contributed by atoms with Gasteiger partial charge in [-0.05, 0) is 47.9 Å². The average Bonchev–Trinajstić information content (AvgIpc) is 2.93. The molecule has 0 amide bonds. The lowest BCUT2D eigenvalue weighted by atomic mass is 9.94. The molecular formula is C29H28F3N3O3. The van der Waals surface area contributed by atoms with E-state index in [-0.39, 0.29) is 6.54 Å². The van der Waals surface area contributed by atoms with Crippen molar-refractivity contribution in [3.8, 4) is 5.75 Å². The van der Waals surface area contributed by atoms with Crippen LogP contribution in [0.5, 0.6) is 5.75 Å². The van der Waals surface area contributed by atoms with Crippen molar-refractivity contribution in [2.24, 2.45) is 4.99 Å². The highest BCUT2D eigenvalue weighted by Crippen LogP contribution is 2.34. The van der Waals surface area contributed by atoms with Gasteiger partial charge in [0.05, 0.1) is 44.5 Å². The first-order chi connectivity index (χ1) is 18.2. The number of nitrogens with zero attached hydrogens (tertiary/aromatic N) is 2. The second-order valence-electron chi connectivity index (χ2n) is 8.75. The number of methoxy groups -OCH3 is 2. The van der Waals surface area contributed by atoms with Crippen LogP contribution in [0.15, 0.2) is 95.1 Å². The molecule has 198 valence electrons. The van der Waals surface area contributed by atoms with Gasteiger partial charge in [-0.1, -0.05) is 54.6 Å². The second-order valence-corrected chi connectivity index (χ2v) is 8.75. The summed E-state index contributed by atoms with van der Waals surface area (Å²) in [6.07, 6.45) is -4.47. The Morgan fingerprint density at radius 2 is 1.68 bits per heavy atom. The molecule has 38 heavy (non-hydrogen) atoms. The Morgan fingerprint density at radius 1 is 0.974 bits per heavy atom. The van der Waals surface area contributed by atoms with Gasteiger partial charge in [0.1, 0.15) is 5.75 Å². The van der Waals surface area contributed by atoms with Gasteiger partial charge in [0.2, 0.25) is 0 Å². The van der Waals surface area contributed by atoms with Crippen LogP contribution in [0.2, 0.25) is 0 Å². The minimum Gasteiger partial charge on any atom is -0.497 e. The van der Waals surface area contributed by atoms with Gasteiger partial charge >= 0.3 is 12.1 Å². The van der Waals surface area contributed by atoms with E-state index in [0.717, 1.165) is 23.3 Å². The number of aliphatic imine (C=N–C) groups is 1. The summed E-state index contributed by atoms with van der Waals surface area (Å²) in [7, 11) is 2.89. The summed E-state index contributed by atoms with van der Waals surface area (Å²) in [6.45, 7) is 2.11. The maximum Gasteiger partial charge on any atom is 0.416 e. The van der Waals surface area contributed by atoms with Crippen molar-refractivity contribution in [2.75, 3.05) is 14.2 Å². The molecule has 0 aromatic heterocycles. The van der Waals surface area contributed by atoms with Crippen LogP contribution in [0.4, 0.5) is 13.2 Å². The molecule has 0 radical (unpaired) electrons. The normalized spacial score (nSPS) is 16.8. The quantitative estimate of drug-likeness (QED) is 0.393. The summed E-state index contributed by atoms with van der Waals surface area (Å²) >= 11 is 0. The van der Waals surface area contributed by atoms with Gasteiger partial charge < -0.3 is 19.7 Å². The molecule has 1 aliphatic rings. The van der Waals surface area contributed by atoms with Crippen molar-refractivity contribution in [2.45, 2.75) is 32.2 Å². The van der Waals surface area contributed by atoms with Crippen LogP contribution < -0.4 is 10.1 Å². The zero-order valence-electron chi connectivity index (χ0n) is 21.3. The lowest BCUT2D eigenvalue weighted by molar-refractivity contribution is -0.138. The molecule has 0 saturated heterocycles. The lowest BCUT2D eigenvalue weighted by Crippen LogP contribution is -2.48. The van der Waals surface area contributed by atoms with E-state index < -0.39 is 23.8 Å². The first-order valence-corrected chi connectivity index (χ1v) is 11.9. The summed E-state index contributed by atoms with van der Waals surface area (Å²) in [6, 6.07) is 21.4. The summed E-state index contributed by atoms with van der Waals surface area (Å²) in [5.41, 5.74) is 2.30. The van der Waals surface area contributed by atoms with Crippen LogP contribution in [-0.2, 0) is 28.8 Å². The van der Waals surface area contributed by atoms with Crippen molar-refractivity contribution in [1.82, 2.24) is 10.2 Å². The van der Waals surface area contributed by atoms with Crippen LogP contribution >= 0.6 is 0 Å². The minimum atomic E-state index is -4.47. The van der Waals surface area contributed by atoms with Crippen molar-refractivity contribution in [1.29, 1.82) is 0 Å². The number of allylic oxidation sites excluding steroid dienone is 1. The summed E-state index contributed by atoms with van der Waals surface area (Å²) in [4.78, 5) is 19.4.